The van der Waals surface area contributed by atoms with Crippen LogP contribution < -0.4 is 0 Å². The second kappa shape index (κ2) is 4.06. The minimum atomic E-state index is -0.297. The predicted octanol–water partition coefficient (Wildman–Crippen LogP) is 2.73. The molecule has 0 amide bonds. The van der Waals surface area contributed by atoms with E-state index < -0.39 is 0 Å². The van der Waals surface area contributed by atoms with E-state index in [0.717, 1.165) is 25.7 Å². The lowest BCUT2D eigenvalue weighted by atomic mass is 9.68. The normalized spacial score (nSPS) is 49.1. The summed E-state index contributed by atoms with van der Waals surface area (Å²) >= 11 is 0. The van der Waals surface area contributed by atoms with E-state index in [0.29, 0.717) is 23.5 Å². The van der Waals surface area contributed by atoms with Crippen molar-refractivity contribution in [1.82, 2.24) is 0 Å². The third-order valence-corrected chi connectivity index (χ3v) is 5.75. The van der Waals surface area contributed by atoms with Gasteiger partial charge in [-0.2, -0.15) is 0 Å². The summed E-state index contributed by atoms with van der Waals surface area (Å²) in [7, 11) is 0. The van der Waals surface area contributed by atoms with Crippen LogP contribution in [0.5, 0.6) is 0 Å². The maximum atomic E-state index is 12.3. The Morgan fingerprint density at radius 2 is 2.39 bits per heavy atom. The van der Waals surface area contributed by atoms with Crippen molar-refractivity contribution in [2.24, 2.45) is 29.1 Å². The molecule has 0 bridgehead atoms. The number of aliphatic hydroxyl groups excluding tert-OH is 1. The highest BCUT2D eigenvalue weighted by Crippen LogP contribution is 2.65. The third-order valence-electron chi connectivity index (χ3n) is 5.75. The van der Waals surface area contributed by atoms with E-state index in [-0.39, 0.29) is 17.4 Å². The molecule has 0 unspecified atom stereocenters. The zero-order valence-corrected chi connectivity index (χ0v) is 11.0. The molecule has 3 rings (SSSR count). The lowest BCUT2D eigenvalue weighted by Gasteiger charge is -2.34. The Labute approximate surface area is 109 Å². The molecule has 6 atom stereocenters. The molecule has 18 heavy (non-hydrogen) atoms. The molecule has 98 valence electrons. The molecule has 2 nitrogen and oxygen atoms in total. The lowest BCUT2D eigenvalue weighted by Crippen LogP contribution is -2.38. The number of Topliss-reactive ketones (excluding diaryl/α,β-unsaturated/α-hetero) is 1. The van der Waals surface area contributed by atoms with Crippen LogP contribution in [0, 0.1) is 29.1 Å². The molecular weight excluding hydrogens is 224 g/mol. The Kier molecular flexibility index (Phi) is 2.74. The van der Waals surface area contributed by atoms with Crippen molar-refractivity contribution in [3.05, 3.63) is 24.8 Å². The number of carbonyl (C=O) groups is 1. The summed E-state index contributed by atoms with van der Waals surface area (Å²) in [6, 6.07) is 0. The summed E-state index contributed by atoms with van der Waals surface area (Å²) in [5, 5.41) is 10.4. The highest BCUT2D eigenvalue weighted by atomic mass is 16.3. The fourth-order valence-corrected chi connectivity index (χ4v) is 5.16. The van der Waals surface area contributed by atoms with Crippen molar-refractivity contribution < 1.29 is 9.90 Å². The largest absolute Gasteiger partial charge is 0.393 e. The van der Waals surface area contributed by atoms with E-state index in [9.17, 15) is 9.90 Å². The van der Waals surface area contributed by atoms with Crippen LogP contribution in [-0.4, -0.2) is 17.0 Å². The molecule has 0 heterocycles. The van der Waals surface area contributed by atoms with Gasteiger partial charge in [0.15, 0.2) is 0 Å². The molecule has 0 radical (unpaired) electrons. The summed E-state index contributed by atoms with van der Waals surface area (Å²) in [6.07, 6.45) is 9.74. The molecule has 2 fully saturated rings. The van der Waals surface area contributed by atoms with Gasteiger partial charge in [0, 0.05) is 11.3 Å². The summed E-state index contributed by atoms with van der Waals surface area (Å²) in [5.41, 5.74) is -0.270. The zero-order chi connectivity index (χ0) is 12.9. The van der Waals surface area contributed by atoms with Gasteiger partial charge in [-0.1, -0.05) is 18.2 Å². The smallest absolute Gasteiger partial charge is 0.136 e. The summed E-state index contributed by atoms with van der Waals surface area (Å²) in [5.74, 6) is 1.78. The number of fused-ring (bicyclic) bond motifs is 3. The van der Waals surface area contributed by atoms with E-state index in [2.05, 4.69) is 18.7 Å². The molecule has 3 aliphatic carbocycles. The predicted molar refractivity (Wildman–Crippen MR) is 70.9 cm³/mol. The van der Waals surface area contributed by atoms with Crippen LogP contribution in [0.4, 0.5) is 0 Å². The van der Waals surface area contributed by atoms with Gasteiger partial charge in [0.2, 0.25) is 0 Å². The maximum absolute atomic E-state index is 12.3. The van der Waals surface area contributed by atoms with Gasteiger partial charge in [-0.15, -0.1) is 6.58 Å². The van der Waals surface area contributed by atoms with E-state index in [4.69, 9.17) is 0 Å². The third kappa shape index (κ3) is 1.36. The van der Waals surface area contributed by atoms with Gasteiger partial charge in [0.25, 0.3) is 0 Å². The summed E-state index contributed by atoms with van der Waals surface area (Å²) in [4.78, 5) is 12.3. The fraction of sp³-hybridized carbons (Fsp3) is 0.688. The molecule has 0 aromatic carbocycles. The standard InChI is InChI=1S/C16H22O2/c1-3-5-12-8-14(18)15-13-7-4-6-11(13)9-16(12,15)10(2)17/h3-4,6,11-15,18H,1,5,7-9H2,2H3/t11-,12-,13-,14-,15-,16-/m0/s1. The average molecular weight is 246 g/mol. The number of ketones is 1. The number of aliphatic hydroxyl groups is 1. The Morgan fingerprint density at radius 3 is 3.06 bits per heavy atom. The molecule has 0 spiro atoms. The highest BCUT2D eigenvalue weighted by molar-refractivity contribution is 5.84. The first-order valence-electron chi connectivity index (χ1n) is 7.08. The van der Waals surface area contributed by atoms with Crippen molar-refractivity contribution in [1.29, 1.82) is 0 Å². The van der Waals surface area contributed by atoms with Gasteiger partial charge in [0.05, 0.1) is 6.10 Å². The first-order valence-corrected chi connectivity index (χ1v) is 7.08. The number of allylic oxidation sites excluding steroid dienone is 3. The minimum absolute atomic E-state index is 0.181. The van der Waals surface area contributed by atoms with Crippen LogP contribution in [-0.2, 0) is 4.79 Å². The second-order valence-electron chi connectivity index (χ2n) is 6.34. The van der Waals surface area contributed by atoms with Crippen molar-refractivity contribution >= 4 is 5.78 Å². The van der Waals surface area contributed by atoms with E-state index in [1.807, 2.05) is 6.08 Å². The Bertz CT molecular complexity index is 411. The van der Waals surface area contributed by atoms with Crippen LogP contribution in [0.1, 0.15) is 32.6 Å². The van der Waals surface area contributed by atoms with Gasteiger partial charge in [-0.3, -0.25) is 4.79 Å². The molecule has 1 N–H and O–H groups in total. The molecule has 0 aromatic rings. The first-order chi connectivity index (χ1) is 8.61. The SMILES string of the molecule is C=CC[C@H]1C[C@H](O)[C@@H]2[C@H]3CC=C[C@H]3C[C@]12C(C)=O. The minimum Gasteiger partial charge on any atom is -0.393 e. The molecule has 3 aliphatic rings. The average Bonchev–Trinajstić information content (AvgIpc) is 2.90. The molecule has 0 saturated heterocycles. The van der Waals surface area contributed by atoms with Gasteiger partial charge in [0.1, 0.15) is 5.78 Å². The van der Waals surface area contributed by atoms with Crippen LogP contribution in [0.15, 0.2) is 24.8 Å². The Morgan fingerprint density at radius 1 is 1.61 bits per heavy atom. The van der Waals surface area contributed by atoms with E-state index >= 15 is 0 Å². The topological polar surface area (TPSA) is 37.3 Å². The molecular formula is C16H22O2. The fourth-order valence-electron chi connectivity index (χ4n) is 5.16. The maximum Gasteiger partial charge on any atom is 0.136 e. The van der Waals surface area contributed by atoms with Crippen LogP contribution >= 0.6 is 0 Å². The van der Waals surface area contributed by atoms with Crippen molar-refractivity contribution in [3.8, 4) is 0 Å². The van der Waals surface area contributed by atoms with E-state index in [1.54, 1.807) is 6.92 Å². The first kappa shape index (κ1) is 12.2. The molecule has 0 aromatic heterocycles. The van der Waals surface area contributed by atoms with Crippen molar-refractivity contribution in [2.75, 3.05) is 0 Å². The number of rotatable bonds is 3. The zero-order valence-electron chi connectivity index (χ0n) is 11.0. The van der Waals surface area contributed by atoms with Crippen molar-refractivity contribution in [2.45, 2.75) is 38.7 Å². The van der Waals surface area contributed by atoms with Gasteiger partial charge in [-0.05, 0) is 50.4 Å². The highest BCUT2D eigenvalue weighted by Gasteiger charge is 2.65. The van der Waals surface area contributed by atoms with Gasteiger partial charge < -0.3 is 5.11 Å². The molecule has 0 aliphatic heterocycles. The molecule has 2 saturated carbocycles. The van der Waals surface area contributed by atoms with Crippen LogP contribution in [0.25, 0.3) is 0 Å². The number of carbonyl (C=O) groups excluding carboxylic acids is 1. The van der Waals surface area contributed by atoms with E-state index in [1.165, 1.54) is 0 Å². The Balaban J connectivity index is 2.02. The quantitative estimate of drug-likeness (QED) is 0.777. The monoisotopic (exact) mass is 246 g/mol. The van der Waals surface area contributed by atoms with Crippen LogP contribution in [0.3, 0.4) is 0 Å². The second-order valence-corrected chi connectivity index (χ2v) is 6.34. The molecule has 2 heteroatoms. The number of hydrogen-bond acceptors (Lipinski definition) is 2. The number of hydrogen-bond donors (Lipinski definition) is 1. The van der Waals surface area contributed by atoms with Gasteiger partial charge >= 0.3 is 0 Å². The summed E-state index contributed by atoms with van der Waals surface area (Å²) < 4.78 is 0. The van der Waals surface area contributed by atoms with Gasteiger partial charge in [-0.25, -0.2) is 0 Å². The van der Waals surface area contributed by atoms with Crippen molar-refractivity contribution in [3.63, 3.8) is 0 Å². The Hall–Kier alpha value is -0.890. The van der Waals surface area contributed by atoms with Crippen LogP contribution in [0.2, 0.25) is 0 Å². The lowest BCUT2D eigenvalue weighted by molar-refractivity contribution is -0.131. The summed E-state index contributed by atoms with van der Waals surface area (Å²) in [6.45, 7) is 5.55.